The Labute approximate surface area is 206 Å². The van der Waals surface area contributed by atoms with E-state index in [0.29, 0.717) is 17.3 Å². The number of aromatic nitrogens is 4. The minimum atomic E-state index is -0.474. The van der Waals surface area contributed by atoms with Crippen molar-refractivity contribution in [1.29, 1.82) is 0 Å². The number of hydrogen-bond donors (Lipinski definition) is 2. The van der Waals surface area contributed by atoms with Gasteiger partial charge < -0.3 is 15.4 Å². The van der Waals surface area contributed by atoms with Crippen molar-refractivity contribution in [2.24, 2.45) is 0 Å². The van der Waals surface area contributed by atoms with Crippen LogP contribution in [0, 0.1) is 6.92 Å². The van der Waals surface area contributed by atoms with Crippen LogP contribution in [-0.2, 0) is 16.1 Å². The topological polar surface area (TPSA) is 97.2 Å². The van der Waals surface area contributed by atoms with Gasteiger partial charge in [0, 0.05) is 38.1 Å². The molecular weight excluding hydrogens is 442 g/mol. The van der Waals surface area contributed by atoms with Crippen LogP contribution >= 0.6 is 0 Å². The average Bonchev–Trinajstić information content (AvgIpc) is 3.41. The first kappa shape index (κ1) is 23.7. The number of amides is 1. The maximum Gasteiger partial charge on any atom is 0.238 e. The highest BCUT2D eigenvalue weighted by Gasteiger charge is 2.35. The highest BCUT2D eigenvalue weighted by molar-refractivity contribution is 6.06. The molecule has 2 N–H and O–H groups in total. The van der Waals surface area contributed by atoms with Crippen molar-refractivity contribution in [2.75, 3.05) is 50.0 Å². The largest absolute Gasteiger partial charge is 0.379 e. The van der Waals surface area contributed by atoms with E-state index in [9.17, 15) is 4.79 Å². The van der Waals surface area contributed by atoms with Crippen molar-refractivity contribution in [1.82, 2.24) is 24.6 Å². The Morgan fingerprint density at radius 3 is 2.83 bits per heavy atom. The van der Waals surface area contributed by atoms with E-state index in [-0.39, 0.29) is 5.91 Å². The number of benzene rings is 1. The number of nitrogens with zero attached hydrogens (tertiary/aromatic N) is 5. The molecule has 1 fully saturated rings. The molecule has 1 atom stereocenters. The first-order valence-electron chi connectivity index (χ1n) is 12.8. The summed E-state index contributed by atoms with van der Waals surface area (Å²) in [7, 11) is 0. The Morgan fingerprint density at radius 1 is 1.14 bits per heavy atom. The lowest BCUT2D eigenvalue weighted by molar-refractivity contribution is -0.116. The molecule has 3 aromatic rings. The maximum atomic E-state index is 13.1. The van der Waals surface area contributed by atoms with Crippen LogP contribution in [0.3, 0.4) is 0 Å². The lowest BCUT2D eigenvalue weighted by atomic mass is 9.94. The Bertz CT molecular complexity index is 1190. The zero-order chi connectivity index (χ0) is 24.2. The number of rotatable bonds is 10. The predicted molar refractivity (Wildman–Crippen MR) is 137 cm³/mol. The molecule has 1 amide bonds. The molecule has 0 saturated carbocycles. The second-order valence-electron chi connectivity index (χ2n) is 9.52. The van der Waals surface area contributed by atoms with Gasteiger partial charge in [-0.25, -0.2) is 4.98 Å². The SMILES string of the molecule is CCCCCn1cc2c(C3C(=O)Nc4ccc(C)cc43)nc(NCCCN3CCOCC3)nc2n1. The monoisotopic (exact) mass is 477 g/mol. The molecule has 9 nitrogen and oxygen atoms in total. The number of ether oxygens (including phenoxy) is 1. The standard InChI is InChI=1S/C26H35N7O2/c1-3-4-5-11-33-17-20-23(22-19-16-18(2)7-8-21(19)28-25(22)34)29-26(30-24(20)31-33)27-9-6-10-32-12-14-35-15-13-32/h7-8,16-17,22H,3-6,9-15H2,1-2H3,(H,28,34)(H,27,30,31). The molecule has 2 aliphatic heterocycles. The molecule has 1 saturated heterocycles. The summed E-state index contributed by atoms with van der Waals surface area (Å²) in [6.45, 7) is 10.4. The average molecular weight is 478 g/mol. The number of fused-ring (bicyclic) bond motifs is 2. The van der Waals surface area contributed by atoms with E-state index in [1.165, 1.54) is 0 Å². The van der Waals surface area contributed by atoms with Gasteiger partial charge in [-0.15, -0.1) is 0 Å². The number of hydrogen-bond acceptors (Lipinski definition) is 7. The lowest BCUT2D eigenvalue weighted by Gasteiger charge is -2.26. The van der Waals surface area contributed by atoms with Crippen LogP contribution in [0.25, 0.3) is 11.0 Å². The smallest absolute Gasteiger partial charge is 0.238 e. The number of carbonyl (C=O) groups is 1. The van der Waals surface area contributed by atoms with Crippen molar-refractivity contribution < 1.29 is 9.53 Å². The second kappa shape index (κ2) is 10.7. The molecule has 2 aliphatic rings. The van der Waals surface area contributed by atoms with E-state index < -0.39 is 5.92 Å². The third kappa shape index (κ3) is 5.31. The third-order valence-electron chi connectivity index (χ3n) is 6.80. The van der Waals surface area contributed by atoms with Gasteiger partial charge in [-0.3, -0.25) is 14.4 Å². The summed E-state index contributed by atoms with van der Waals surface area (Å²) in [4.78, 5) is 25.1. The molecule has 0 radical (unpaired) electrons. The summed E-state index contributed by atoms with van der Waals surface area (Å²) >= 11 is 0. The molecule has 1 unspecified atom stereocenters. The lowest BCUT2D eigenvalue weighted by Crippen LogP contribution is -2.37. The van der Waals surface area contributed by atoms with E-state index >= 15 is 0 Å². The maximum absolute atomic E-state index is 13.1. The number of carbonyl (C=O) groups excluding carboxylic acids is 1. The summed E-state index contributed by atoms with van der Waals surface area (Å²) in [5.74, 6) is 0.00220. The van der Waals surface area contributed by atoms with Crippen LogP contribution < -0.4 is 10.6 Å². The number of nitrogens with one attached hydrogen (secondary N) is 2. The van der Waals surface area contributed by atoms with Gasteiger partial charge in [-0.05, 0) is 37.9 Å². The van der Waals surface area contributed by atoms with Crippen molar-refractivity contribution in [2.45, 2.75) is 52.0 Å². The van der Waals surface area contributed by atoms with Gasteiger partial charge in [0.05, 0.1) is 24.3 Å². The van der Waals surface area contributed by atoms with Crippen LogP contribution in [0.1, 0.15) is 55.3 Å². The zero-order valence-electron chi connectivity index (χ0n) is 20.7. The minimum Gasteiger partial charge on any atom is -0.379 e. The molecule has 35 heavy (non-hydrogen) atoms. The summed E-state index contributed by atoms with van der Waals surface area (Å²) < 4.78 is 7.38. The van der Waals surface area contributed by atoms with Gasteiger partial charge in [0.15, 0.2) is 5.65 Å². The van der Waals surface area contributed by atoms with Gasteiger partial charge in [0.1, 0.15) is 5.92 Å². The first-order chi connectivity index (χ1) is 17.1. The summed E-state index contributed by atoms with van der Waals surface area (Å²) in [5.41, 5.74) is 4.29. The fourth-order valence-electron chi connectivity index (χ4n) is 4.89. The number of aryl methyl sites for hydroxylation is 2. The number of unbranched alkanes of at least 4 members (excludes halogenated alkanes) is 2. The molecule has 1 aromatic carbocycles. The molecule has 2 aromatic heterocycles. The first-order valence-corrected chi connectivity index (χ1v) is 12.8. The van der Waals surface area contributed by atoms with Gasteiger partial charge in [0.2, 0.25) is 11.9 Å². The Kier molecular flexibility index (Phi) is 7.24. The van der Waals surface area contributed by atoms with Crippen LogP contribution in [0.5, 0.6) is 0 Å². The summed E-state index contributed by atoms with van der Waals surface area (Å²) in [5, 5.41) is 12.0. The van der Waals surface area contributed by atoms with Gasteiger partial charge >= 0.3 is 0 Å². The van der Waals surface area contributed by atoms with Crippen LogP contribution in [0.4, 0.5) is 11.6 Å². The number of morpholine rings is 1. The van der Waals surface area contributed by atoms with Crippen LogP contribution in [-0.4, -0.2) is 69.9 Å². The van der Waals surface area contributed by atoms with Gasteiger partial charge in [-0.2, -0.15) is 10.1 Å². The molecule has 4 heterocycles. The van der Waals surface area contributed by atoms with Gasteiger partial charge in [0.25, 0.3) is 0 Å². The van der Waals surface area contributed by atoms with E-state index in [1.54, 1.807) is 0 Å². The zero-order valence-corrected chi connectivity index (χ0v) is 20.7. The van der Waals surface area contributed by atoms with E-state index in [2.05, 4.69) is 28.5 Å². The third-order valence-corrected chi connectivity index (χ3v) is 6.80. The van der Waals surface area contributed by atoms with Crippen LogP contribution in [0.2, 0.25) is 0 Å². The van der Waals surface area contributed by atoms with Crippen molar-refractivity contribution >= 4 is 28.6 Å². The summed E-state index contributed by atoms with van der Waals surface area (Å²) in [6, 6.07) is 6.07. The van der Waals surface area contributed by atoms with Crippen molar-refractivity contribution in [3.63, 3.8) is 0 Å². The minimum absolute atomic E-state index is 0.0531. The molecule has 9 heteroatoms. The highest BCUT2D eigenvalue weighted by atomic mass is 16.5. The van der Waals surface area contributed by atoms with Crippen molar-refractivity contribution in [3.8, 4) is 0 Å². The highest BCUT2D eigenvalue weighted by Crippen LogP contribution is 2.39. The number of anilines is 2. The molecule has 0 aliphatic carbocycles. The second-order valence-corrected chi connectivity index (χ2v) is 9.52. The Balaban J connectivity index is 1.42. The molecule has 0 bridgehead atoms. The fourth-order valence-corrected chi connectivity index (χ4v) is 4.89. The fraction of sp³-hybridized carbons (Fsp3) is 0.538. The molecular formula is C26H35N7O2. The quantitative estimate of drug-likeness (QED) is 0.431. The Morgan fingerprint density at radius 2 is 2.00 bits per heavy atom. The molecule has 186 valence electrons. The normalized spacial score (nSPS) is 18.1. The van der Waals surface area contributed by atoms with Crippen LogP contribution in [0.15, 0.2) is 24.4 Å². The Hall–Kier alpha value is -3.04. The van der Waals surface area contributed by atoms with E-state index in [0.717, 1.165) is 93.8 Å². The predicted octanol–water partition coefficient (Wildman–Crippen LogP) is 3.54. The van der Waals surface area contributed by atoms with E-state index in [4.69, 9.17) is 19.8 Å². The molecule has 0 spiro atoms. The van der Waals surface area contributed by atoms with Gasteiger partial charge in [-0.1, -0.05) is 37.5 Å². The summed E-state index contributed by atoms with van der Waals surface area (Å²) in [6.07, 6.45) is 6.36. The molecule has 5 rings (SSSR count). The van der Waals surface area contributed by atoms with Crippen molar-refractivity contribution in [3.05, 3.63) is 41.2 Å². The van der Waals surface area contributed by atoms with E-state index in [1.807, 2.05) is 29.9 Å².